The lowest BCUT2D eigenvalue weighted by atomic mass is 10.3. The third-order valence-corrected chi connectivity index (χ3v) is 2.45. The van der Waals surface area contributed by atoms with E-state index in [9.17, 15) is 9.59 Å². The summed E-state index contributed by atoms with van der Waals surface area (Å²) >= 11 is 1.42. The zero-order valence-electron chi connectivity index (χ0n) is 7.77. The molecule has 0 aromatic carbocycles. The summed E-state index contributed by atoms with van der Waals surface area (Å²) in [7, 11) is 0. The van der Waals surface area contributed by atoms with Crippen molar-refractivity contribution in [2.24, 2.45) is 0 Å². The molecule has 1 amide bonds. The van der Waals surface area contributed by atoms with Gasteiger partial charge in [0.05, 0.1) is 5.56 Å². The Hall–Kier alpha value is -1.36. The maximum Gasteiger partial charge on any atom is 0.323 e. The molecule has 0 bridgehead atoms. The Morgan fingerprint density at radius 2 is 2.29 bits per heavy atom. The number of aliphatic carboxylic acids is 1. The van der Waals surface area contributed by atoms with Crippen LogP contribution in [0.1, 0.15) is 17.3 Å². The second kappa shape index (κ2) is 4.76. The molecule has 0 aliphatic rings. The second-order valence-electron chi connectivity index (χ2n) is 2.73. The van der Waals surface area contributed by atoms with Crippen LogP contribution in [-0.2, 0) is 4.79 Å². The van der Waals surface area contributed by atoms with Crippen molar-refractivity contribution in [3.63, 3.8) is 0 Å². The number of thiophene rings is 1. The van der Waals surface area contributed by atoms with E-state index >= 15 is 0 Å². The lowest BCUT2D eigenvalue weighted by molar-refractivity contribution is -0.137. The molecule has 5 heteroatoms. The molecule has 0 aliphatic carbocycles. The fraction of sp³-hybridized carbons (Fsp3) is 0.333. The molecule has 1 N–H and O–H groups in total. The van der Waals surface area contributed by atoms with Crippen LogP contribution in [0.15, 0.2) is 16.8 Å². The molecule has 0 saturated heterocycles. The molecule has 1 aromatic rings. The number of nitrogens with zero attached hydrogens (tertiary/aromatic N) is 1. The fourth-order valence-electron chi connectivity index (χ4n) is 1.06. The van der Waals surface area contributed by atoms with E-state index in [0.717, 1.165) is 0 Å². The van der Waals surface area contributed by atoms with E-state index in [1.54, 1.807) is 23.8 Å². The number of amides is 1. The first kappa shape index (κ1) is 10.7. The molecular weight excluding hydrogens is 202 g/mol. The highest BCUT2D eigenvalue weighted by Gasteiger charge is 2.16. The van der Waals surface area contributed by atoms with E-state index in [-0.39, 0.29) is 12.5 Å². The normalized spacial score (nSPS) is 9.79. The van der Waals surface area contributed by atoms with Crippen LogP contribution in [0.25, 0.3) is 0 Å². The summed E-state index contributed by atoms with van der Waals surface area (Å²) in [4.78, 5) is 23.4. The van der Waals surface area contributed by atoms with E-state index in [4.69, 9.17) is 5.11 Å². The molecule has 0 spiro atoms. The maximum atomic E-state index is 11.6. The molecule has 14 heavy (non-hydrogen) atoms. The first-order chi connectivity index (χ1) is 6.65. The smallest absolute Gasteiger partial charge is 0.323 e. The van der Waals surface area contributed by atoms with Crippen molar-refractivity contribution in [3.8, 4) is 0 Å². The molecule has 1 rings (SSSR count). The Bertz CT molecular complexity index is 321. The maximum absolute atomic E-state index is 11.6. The SMILES string of the molecule is CCN(CC(=O)O)C(=O)c1ccsc1. The van der Waals surface area contributed by atoms with E-state index in [1.165, 1.54) is 16.2 Å². The summed E-state index contributed by atoms with van der Waals surface area (Å²) in [5.41, 5.74) is 0.554. The topological polar surface area (TPSA) is 57.6 Å². The predicted molar refractivity (Wildman–Crippen MR) is 53.5 cm³/mol. The summed E-state index contributed by atoms with van der Waals surface area (Å²) in [6, 6.07) is 1.69. The number of carboxylic acid groups (broad SMARTS) is 1. The minimum atomic E-state index is -0.990. The van der Waals surface area contributed by atoms with Gasteiger partial charge >= 0.3 is 5.97 Å². The van der Waals surface area contributed by atoms with Crippen molar-refractivity contribution in [1.29, 1.82) is 0 Å². The second-order valence-corrected chi connectivity index (χ2v) is 3.51. The van der Waals surface area contributed by atoms with Crippen molar-refractivity contribution in [2.45, 2.75) is 6.92 Å². The van der Waals surface area contributed by atoms with Gasteiger partial charge in [0.1, 0.15) is 6.54 Å². The zero-order valence-corrected chi connectivity index (χ0v) is 8.58. The molecule has 76 valence electrons. The molecular formula is C9H11NO3S. The van der Waals surface area contributed by atoms with Crippen LogP contribution in [0, 0.1) is 0 Å². The Balaban J connectivity index is 2.70. The Labute approximate surface area is 85.8 Å². The largest absolute Gasteiger partial charge is 0.480 e. The monoisotopic (exact) mass is 213 g/mol. The van der Waals surface area contributed by atoms with Crippen LogP contribution in [0.4, 0.5) is 0 Å². The van der Waals surface area contributed by atoms with Gasteiger partial charge in [-0.1, -0.05) is 0 Å². The standard InChI is InChI=1S/C9H11NO3S/c1-2-10(5-8(11)12)9(13)7-3-4-14-6-7/h3-4,6H,2,5H2,1H3,(H,11,12). The highest BCUT2D eigenvalue weighted by Crippen LogP contribution is 2.09. The molecule has 0 atom stereocenters. The highest BCUT2D eigenvalue weighted by molar-refractivity contribution is 7.08. The van der Waals surface area contributed by atoms with Gasteiger partial charge in [-0.25, -0.2) is 0 Å². The van der Waals surface area contributed by atoms with Crippen molar-refractivity contribution in [3.05, 3.63) is 22.4 Å². The molecule has 0 unspecified atom stereocenters. The molecule has 0 saturated carbocycles. The fourth-order valence-corrected chi connectivity index (χ4v) is 1.69. The van der Waals surface area contributed by atoms with Crippen molar-refractivity contribution >= 4 is 23.2 Å². The third-order valence-electron chi connectivity index (χ3n) is 1.76. The average Bonchev–Trinajstić information content (AvgIpc) is 2.65. The number of hydrogen-bond donors (Lipinski definition) is 1. The van der Waals surface area contributed by atoms with Gasteiger partial charge in [0.15, 0.2) is 0 Å². The van der Waals surface area contributed by atoms with Crippen molar-refractivity contribution in [1.82, 2.24) is 4.90 Å². The van der Waals surface area contributed by atoms with Crippen LogP contribution >= 0.6 is 11.3 Å². The lowest BCUT2D eigenvalue weighted by Crippen LogP contribution is -2.35. The Kier molecular flexibility index (Phi) is 3.64. The zero-order chi connectivity index (χ0) is 10.6. The van der Waals surface area contributed by atoms with Gasteiger partial charge in [0, 0.05) is 11.9 Å². The summed E-state index contributed by atoms with van der Waals surface area (Å²) in [6.45, 7) is 1.92. The van der Waals surface area contributed by atoms with Gasteiger partial charge in [0.2, 0.25) is 0 Å². The number of hydrogen-bond acceptors (Lipinski definition) is 3. The highest BCUT2D eigenvalue weighted by atomic mass is 32.1. The van der Waals surface area contributed by atoms with Gasteiger partial charge in [-0.3, -0.25) is 9.59 Å². The quantitative estimate of drug-likeness (QED) is 0.820. The first-order valence-electron chi connectivity index (χ1n) is 4.18. The minimum absolute atomic E-state index is 0.226. The molecule has 0 fully saturated rings. The lowest BCUT2D eigenvalue weighted by Gasteiger charge is -2.17. The number of carbonyl (C=O) groups is 2. The summed E-state index contributed by atoms with van der Waals surface area (Å²) in [5, 5.41) is 12.1. The minimum Gasteiger partial charge on any atom is -0.480 e. The van der Waals surface area contributed by atoms with E-state index < -0.39 is 5.97 Å². The first-order valence-corrected chi connectivity index (χ1v) is 5.12. The number of carboxylic acids is 1. The number of likely N-dealkylation sites (N-methyl/N-ethyl adjacent to an activating group) is 1. The molecule has 0 radical (unpaired) electrons. The molecule has 0 aliphatic heterocycles. The van der Waals surface area contributed by atoms with Gasteiger partial charge < -0.3 is 10.0 Å². The number of rotatable bonds is 4. The third kappa shape index (κ3) is 2.56. The van der Waals surface area contributed by atoms with Crippen molar-refractivity contribution < 1.29 is 14.7 Å². The van der Waals surface area contributed by atoms with Gasteiger partial charge in [-0.15, -0.1) is 0 Å². The van der Waals surface area contributed by atoms with Gasteiger partial charge in [-0.05, 0) is 18.4 Å². The van der Waals surface area contributed by atoms with Crippen molar-refractivity contribution in [2.75, 3.05) is 13.1 Å². The predicted octanol–water partition coefficient (Wildman–Crippen LogP) is 1.29. The van der Waals surface area contributed by atoms with E-state index in [1.807, 2.05) is 0 Å². The van der Waals surface area contributed by atoms with Crippen LogP contribution in [-0.4, -0.2) is 35.0 Å². The summed E-state index contributed by atoms with van der Waals surface area (Å²) in [5.74, 6) is -1.22. The molecule has 1 aromatic heterocycles. The average molecular weight is 213 g/mol. The summed E-state index contributed by atoms with van der Waals surface area (Å²) < 4.78 is 0. The van der Waals surface area contributed by atoms with Crippen LogP contribution in [0.2, 0.25) is 0 Å². The Morgan fingerprint density at radius 3 is 2.71 bits per heavy atom. The van der Waals surface area contributed by atoms with Crippen LogP contribution in [0.3, 0.4) is 0 Å². The summed E-state index contributed by atoms with van der Waals surface area (Å²) in [6.07, 6.45) is 0. The Morgan fingerprint density at radius 1 is 1.57 bits per heavy atom. The van der Waals surface area contributed by atoms with Crippen LogP contribution < -0.4 is 0 Å². The van der Waals surface area contributed by atoms with Crippen LogP contribution in [0.5, 0.6) is 0 Å². The van der Waals surface area contributed by atoms with Gasteiger partial charge in [-0.2, -0.15) is 11.3 Å². The van der Waals surface area contributed by atoms with E-state index in [0.29, 0.717) is 12.1 Å². The van der Waals surface area contributed by atoms with Gasteiger partial charge in [0.25, 0.3) is 5.91 Å². The number of carbonyl (C=O) groups excluding carboxylic acids is 1. The van der Waals surface area contributed by atoms with E-state index in [2.05, 4.69) is 0 Å². The molecule has 1 heterocycles. The molecule has 4 nitrogen and oxygen atoms in total.